The molecule has 0 N–H and O–H groups in total. The van der Waals surface area contributed by atoms with Crippen molar-refractivity contribution in [2.75, 3.05) is 0 Å². The van der Waals surface area contributed by atoms with E-state index >= 15 is 0 Å². The number of hydrogen-bond donors (Lipinski definition) is 0. The monoisotopic (exact) mass is 630 g/mol. The number of nitrogens with zero attached hydrogens (tertiary/aromatic N) is 4. The third-order valence-electron chi connectivity index (χ3n) is 11.2. The maximum absolute atomic E-state index is 4.45. The van der Waals surface area contributed by atoms with Crippen LogP contribution in [-0.2, 0) is 13.1 Å². The second-order valence-corrected chi connectivity index (χ2v) is 14.0. The molecule has 4 aromatic carbocycles. The first-order valence-electron chi connectivity index (χ1n) is 18.0. The van der Waals surface area contributed by atoms with Crippen molar-refractivity contribution in [2.45, 2.75) is 92.2 Å². The second-order valence-electron chi connectivity index (χ2n) is 14.0. The first-order chi connectivity index (χ1) is 23.6. The SMILES string of the molecule is Cc1c2cnccc2c(C)c2c1c1ccccc1n2CCCCCCCCCCn1c2ccccc2c2c(C)c3cnccc3c(C)c21. The molecule has 242 valence electrons. The van der Waals surface area contributed by atoms with Crippen molar-refractivity contribution in [1.29, 1.82) is 0 Å². The summed E-state index contributed by atoms with van der Waals surface area (Å²) in [4.78, 5) is 8.90. The minimum absolute atomic E-state index is 1.07. The predicted molar refractivity (Wildman–Crippen MR) is 205 cm³/mol. The van der Waals surface area contributed by atoms with Crippen LogP contribution in [0, 0.1) is 27.7 Å². The van der Waals surface area contributed by atoms with Crippen LogP contribution in [-0.4, -0.2) is 19.1 Å². The number of para-hydroxylation sites is 2. The zero-order valence-electron chi connectivity index (χ0n) is 28.9. The fourth-order valence-electron chi connectivity index (χ4n) is 8.78. The lowest BCUT2D eigenvalue weighted by molar-refractivity contribution is 0.536. The molecular formula is C44H46N4. The van der Waals surface area contributed by atoms with Gasteiger partial charge in [0.25, 0.3) is 0 Å². The lowest BCUT2D eigenvalue weighted by Crippen LogP contribution is -2.00. The van der Waals surface area contributed by atoms with Crippen LogP contribution in [0.15, 0.2) is 85.5 Å². The second kappa shape index (κ2) is 12.7. The number of unbranched alkanes of at least 4 members (excludes halogenated alkanes) is 7. The Morgan fingerprint density at radius 2 is 0.812 bits per heavy atom. The zero-order chi connectivity index (χ0) is 32.8. The molecule has 0 bridgehead atoms. The van der Waals surface area contributed by atoms with Crippen LogP contribution in [0.5, 0.6) is 0 Å². The van der Waals surface area contributed by atoms with Gasteiger partial charge in [0.05, 0.1) is 11.0 Å². The van der Waals surface area contributed by atoms with Crippen LogP contribution >= 0.6 is 0 Å². The lowest BCUT2D eigenvalue weighted by Gasteiger charge is -2.13. The van der Waals surface area contributed by atoms with E-state index in [0.717, 1.165) is 13.1 Å². The lowest BCUT2D eigenvalue weighted by atomic mass is 9.97. The summed E-state index contributed by atoms with van der Waals surface area (Å²) in [6.07, 6.45) is 18.2. The summed E-state index contributed by atoms with van der Waals surface area (Å²) in [5, 5.41) is 10.8. The topological polar surface area (TPSA) is 35.6 Å². The first kappa shape index (κ1) is 30.6. The number of aromatic nitrogens is 4. The molecule has 0 aliphatic carbocycles. The van der Waals surface area contributed by atoms with E-state index in [1.807, 2.05) is 24.8 Å². The number of rotatable bonds is 11. The van der Waals surface area contributed by atoms with Gasteiger partial charge in [-0.15, -0.1) is 0 Å². The van der Waals surface area contributed by atoms with Gasteiger partial charge in [0.2, 0.25) is 0 Å². The van der Waals surface area contributed by atoms with E-state index in [9.17, 15) is 0 Å². The van der Waals surface area contributed by atoms with Gasteiger partial charge in [-0.1, -0.05) is 74.9 Å². The molecule has 4 heteroatoms. The summed E-state index contributed by atoms with van der Waals surface area (Å²) >= 11 is 0. The van der Waals surface area contributed by atoms with Crippen molar-refractivity contribution in [2.24, 2.45) is 0 Å². The number of benzene rings is 4. The molecule has 0 unspecified atom stereocenters. The van der Waals surface area contributed by atoms with Crippen molar-refractivity contribution in [3.05, 3.63) is 108 Å². The van der Waals surface area contributed by atoms with E-state index < -0.39 is 0 Å². The van der Waals surface area contributed by atoms with E-state index in [4.69, 9.17) is 0 Å². The highest BCUT2D eigenvalue weighted by molar-refractivity contribution is 6.18. The van der Waals surface area contributed by atoms with E-state index in [2.05, 4.69) is 107 Å². The van der Waals surface area contributed by atoms with Crippen LogP contribution in [0.1, 0.15) is 73.6 Å². The van der Waals surface area contributed by atoms with E-state index in [0.29, 0.717) is 0 Å². The highest BCUT2D eigenvalue weighted by atomic mass is 15.0. The molecule has 0 radical (unpaired) electrons. The third kappa shape index (κ3) is 4.96. The Bertz CT molecular complexity index is 2290. The quantitative estimate of drug-likeness (QED) is 0.133. The van der Waals surface area contributed by atoms with E-state index in [1.54, 1.807) is 0 Å². The Balaban J connectivity index is 0.887. The molecule has 0 atom stereocenters. The fraction of sp³-hybridized carbons (Fsp3) is 0.318. The van der Waals surface area contributed by atoms with Crippen LogP contribution in [0.25, 0.3) is 65.2 Å². The molecular weight excluding hydrogens is 585 g/mol. The molecule has 0 fully saturated rings. The molecule has 8 aromatic rings. The van der Waals surface area contributed by atoms with Crippen LogP contribution in [0.3, 0.4) is 0 Å². The average molecular weight is 631 g/mol. The predicted octanol–water partition coefficient (Wildman–Crippen LogP) is 12.1. The molecule has 0 aliphatic rings. The average Bonchev–Trinajstić information content (AvgIpc) is 3.64. The number of hydrogen-bond acceptors (Lipinski definition) is 2. The Morgan fingerprint density at radius 1 is 0.417 bits per heavy atom. The summed E-state index contributed by atoms with van der Waals surface area (Å²) in [7, 11) is 0. The molecule has 8 rings (SSSR count). The van der Waals surface area contributed by atoms with Gasteiger partial charge < -0.3 is 9.13 Å². The Hall–Kier alpha value is -4.70. The van der Waals surface area contributed by atoms with E-state index in [1.165, 1.54) is 139 Å². The number of fused-ring (bicyclic) bond motifs is 8. The van der Waals surface area contributed by atoms with Gasteiger partial charge in [0, 0.05) is 81.2 Å². The van der Waals surface area contributed by atoms with Crippen molar-refractivity contribution < 1.29 is 0 Å². The standard InChI is InChI=1S/C44H46N4/c1-29-37-27-45-23-21-33(37)31(3)43-41(29)35-17-11-13-19-39(35)47(43)25-15-9-7-5-6-8-10-16-26-48-40-20-14-12-18-36(40)42-30(2)38-28-46-24-22-34(38)32(4)44(42)48/h11-14,17-24,27-28H,5-10,15-16,25-26H2,1-4H3. The van der Waals surface area contributed by atoms with Gasteiger partial charge in [-0.25, -0.2) is 0 Å². The molecule has 4 heterocycles. The largest absolute Gasteiger partial charge is 0.340 e. The van der Waals surface area contributed by atoms with Crippen LogP contribution in [0.4, 0.5) is 0 Å². The van der Waals surface area contributed by atoms with Crippen LogP contribution < -0.4 is 0 Å². The van der Waals surface area contributed by atoms with Gasteiger partial charge in [0.15, 0.2) is 0 Å². The normalized spacial score (nSPS) is 12.2. The highest BCUT2D eigenvalue weighted by Crippen LogP contribution is 2.40. The molecule has 4 nitrogen and oxygen atoms in total. The minimum Gasteiger partial charge on any atom is -0.340 e. The van der Waals surface area contributed by atoms with Gasteiger partial charge in [-0.2, -0.15) is 0 Å². The maximum Gasteiger partial charge on any atom is 0.0530 e. The minimum atomic E-state index is 1.07. The van der Waals surface area contributed by atoms with Gasteiger partial charge in [-0.05, 0) is 97.8 Å². The Kier molecular flexibility index (Phi) is 8.12. The van der Waals surface area contributed by atoms with Gasteiger partial charge in [-0.3, -0.25) is 9.97 Å². The summed E-state index contributed by atoms with van der Waals surface area (Å²) in [6, 6.07) is 22.3. The van der Waals surface area contributed by atoms with Crippen LogP contribution in [0.2, 0.25) is 0 Å². The molecule has 0 saturated carbocycles. The smallest absolute Gasteiger partial charge is 0.0530 e. The van der Waals surface area contributed by atoms with Crippen molar-refractivity contribution >= 4 is 65.2 Å². The first-order valence-corrected chi connectivity index (χ1v) is 18.0. The van der Waals surface area contributed by atoms with Crippen molar-refractivity contribution in [3.8, 4) is 0 Å². The summed E-state index contributed by atoms with van der Waals surface area (Å²) < 4.78 is 5.20. The van der Waals surface area contributed by atoms with Crippen molar-refractivity contribution in [3.63, 3.8) is 0 Å². The molecule has 0 aliphatic heterocycles. The Morgan fingerprint density at radius 3 is 1.25 bits per heavy atom. The van der Waals surface area contributed by atoms with Gasteiger partial charge >= 0.3 is 0 Å². The fourth-order valence-corrected chi connectivity index (χ4v) is 8.78. The highest BCUT2D eigenvalue weighted by Gasteiger charge is 2.19. The number of pyridine rings is 2. The summed E-state index contributed by atoms with van der Waals surface area (Å²) in [5.41, 5.74) is 11.0. The third-order valence-corrected chi connectivity index (χ3v) is 11.2. The zero-order valence-corrected chi connectivity index (χ0v) is 28.9. The Labute approximate surface area is 283 Å². The molecule has 0 saturated heterocycles. The molecule has 48 heavy (non-hydrogen) atoms. The molecule has 4 aromatic heterocycles. The van der Waals surface area contributed by atoms with E-state index in [-0.39, 0.29) is 0 Å². The number of aryl methyl sites for hydroxylation is 6. The summed E-state index contributed by atoms with van der Waals surface area (Å²) in [6.45, 7) is 11.3. The maximum atomic E-state index is 4.45. The van der Waals surface area contributed by atoms with Gasteiger partial charge in [0.1, 0.15) is 0 Å². The molecule has 0 amide bonds. The molecule has 0 spiro atoms. The van der Waals surface area contributed by atoms with Crippen molar-refractivity contribution in [1.82, 2.24) is 19.1 Å². The summed E-state index contributed by atoms with van der Waals surface area (Å²) in [5.74, 6) is 0.